The molecule has 0 radical (unpaired) electrons. The summed E-state index contributed by atoms with van der Waals surface area (Å²) in [5, 5.41) is 0.715. The Balaban J connectivity index is 1.89. The van der Waals surface area contributed by atoms with Crippen molar-refractivity contribution in [3.63, 3.8) is 0 Å². The van der Waals surface area contributed by atoms with E-state index >= 15 is 0 Å². The average molecular weight is 356 g/mol. The van der Waals surface area contributed by atoms with Gasteiger partial charge in [-0.2, -0.15) is 0 Å². The van der Waals surface area contributed by atoms with E-state index in [-0.39, 0.29) is 0 Å². The van der Waals surface area contributed by atoms with Crippen LogP contribution in [0.4, 0.5) is 5.13 Å². The van der Waals surface area contributed by atoms with Crippen molar-refractivity contribution in [3.8, 4) is 0 Å². The zero-order chi connectivity index (χ0) is 11.8. The number of nitrogens with two attached hydrogens (primary N) is 1. The third kappa shape index (κ3) is 2.63. The number of anilines is 1. The van der Waals surface area contributed by atoms with Gasteiger partial charge < -0.3 is 5.73 Å². The van der Waals surface area contributed by atoms with Crippen LogP contribution in [0.2, 0.25) is 0 Å². The smallest absolute Gasteiger partial charge is 0.180 e. The molecule has 1 saturated carbocycles. The Labute approximate surface area is 118 Å². The van der Waals surface area contributed by atoms with Gasteiger partial charge in [-0.1, -0.05) is 12.1 Å². The first-order valence-corrected chi connectivity index (χ1v) is 7.61. The van der Waals surface area contributed by atoms with Gasteiger partial charge in [0.15, 0.2) is 5.13 Å². The third-order valence-electron chi connectivity index (χ3n) is 2.96. The highest BCUT2D eigenvalue weighted by Gasteiger charge is 2.29. The maximum Gasteiger partial charge on any atom is 0.180 e. The molecule has 0 aliphatic heterocycles. The number of hydrogen-bond acceptors (Lipinski definition) is 3. The molecule has 0 unspecified atom stereocenters. The van der Waals surface area contributed by atoms with E-state index in [0.29, 0.717) is 11.0 Å². The van der Waals surface area contributed by atoms with Crippen LogP contribution in [-0.2, 0) is 6.42 Å². The maximum atomic E-state index is 5.83. The van der Waals surface area contributed by atoms with Crippen molar-refractivity contribution in [1.82, 2.24) is 4.98 Å². The van der Waals surface area contributed by atoms with Gasteiger partial charge in [-0.15, -0.1) is 11.3 Å². The summed E-state index contributed by atoms with van der Waals surface area (Å²) in [6, 6.07) is 8.63. The number of aromatic nitrogens is 1. The number of rotatable bonds is 3. The zero-order valence-electron chi connectivity index (χ0n) is 9.32. The molecule has 1 fully saturated rings. The first kappa shape index (κ1) is 11.5. The van der Waals surface area contributed by atoms with Gasteiger partial charge in [0.25, 0.3) is 0 Å². The Kier molecular flexibility index (Phi) is 3.08. The topological polar surface area (TPSA) is 38.9 Å². The average Bonchev–Trinajstić information content (AvgIpc) is 3.04. The molecule has 0 amide bonds. The Hall–Kier alpha value is -0.620. The van der Waals surface area contributed by atoms with Gasteiger partial charge in [-0.25, -0.2) is 4.98 Å². The van der Waals surface area contributed by atoms with E-state index in [0.717, 1.165) is 6.42 Å². The van der Waals surface area contributed by atoms with Crippen molar-refractivity contribution in [3.05, 3.63) is 44.0 Å². The second-order valence-electron chi connectivity index (χ2n) is 4.44. The van der Waals surface area contributed by atoms with E-state index in [2.05, 4.69) is 51.8 Å². The number of benzene rings is 1. The van der Waals surface area contributed by atoms with Gasteiger partial charge in [0.2, 0.25) is 0 Å². The molecule has 17 heavy (non-hydrogen) atoms. The highest BCUT2D eigenvalue weighted by Crippen LogP contribution is 2.43. The molecule has 0 saturated heterocycles. The predicted octanol–water partition coefficient (Wildman–Crippen LogP) is 3.80. The first-order valence-electron chi connectivity index (χ1n) is 5.72. The van der Waals surface area contributed by atoms with Crippen molar-refractivity contribution in [2.75, 3.05) is 5.73 Å². The third-order valence-corrected chi connectivity index (χ3v) is 4.53. The molecule has 1 aliphatic rings. The Morgan fingerprint density at radius 3 is 2.94 bits per heavy atom. The largest absolute Gasteiger partial charge is 0.375 e. The van der Waals surface area contributed by atoms with Gasteiger partial charge in [-0.05, 0) is 53.1 Å². The second kappa shape index (κ2) is 4.57. The number of hydrogen-bond donors (Lipinski definition) is 1. The van der Waals surface area contributed by atoms with Crippen LogP contribution in [0.5, 0.6) is 0 Å². The first-order chi connectivity index (χ1) is 8.22. The molecule has 2 nitrogen and oxygen atoms in total. The molecule has 1 aromatic carbocycles. The van der Waals surface area contributed by atoms with E-state index in [9.17, 15) is 0 Å². The fourth-order valence-electron chi connectivity index (χ4n) is 2.02. The van der Waals surface area contributed by atoms with Crippen molar-refractivity contribution in [1.29, 1.82) is 0 Å². The molecule has 1 heterocycles. The van der Waals surface area contributed by atoms with E-state index < -0.39 is 0 Å². The van der Waals surface area contributed by atoms with Crippen LogP contribution in [0.15, 0.2) is 24.3 Å². The van der Waals surface area contributed by atoms with Crippen LogP contribution < -0.4 is 5.73 Å². The molecule has 2 N–H and O–H groups in total. The number of thiazole rings is 1. The summed E-state index contributed by atoms with van der Waals surface area (Å²) < 4.78 is 1.28. The maximum absolute atomic E-state index is 5.83. The lowest BCUT2D eigenvalue weighted by Crippen LogP contribution is -1.91. The SMILES string of the molecule is Nc1nc(C2CC2)c(Cc2cccc(I)c2)s1. The summed E-state index contributed by atoms with van der Waals surface area (Å²) in [6.45, 7) is 0. The van der Waals surface area contributed by atoms with Crippen LogP contribution in [0.25, 0.3) is 0 Å². The van der Waals surface area contributed by atoms with E-state index in [1.54, 1.807) is 11.3 Å². The fraction of sp³-hybridized carbons (Fsp3) is 0.308. The highest BCUT2D eigenvalue weighted by molar-refractivity contribution is 14.1. The number of halogens is 1. The van der Waals surface area contributed by atoms with Crippen molar-refractivity contribution in [2.45, 2.75) is 25.2 Å². The zero-order valence-corrected chi connectivity index (χ0v) is 12.3. The molecule has 88 valence electrons. The molecular weight excluding hydrogens is 343 g/mol. The minimum Gasteiger partial charge on any atom is -0.375 e. The quantitative estimate of drug-likeness (QED) is 0.850. The van der Waals surface area contributed by atoms with Crippen LogP contribution in [0.1, 0.15) is 34.9 Å². The van der Waals surface area contributed by atoms with E-state index in [1.165, 1.54) is 32.5 Å². The standard InChI is InChI=1S/C13H13IN2S/c14-10-3-1-2-8(6-10)7-11-12(9-4-5-9)16-13(15)17-11/h1-3,6,9H,4-5,7H2,(H2,15,16). The summed E-state index contributed by atoms with van der Waals surface area (Å²) in [5.74, 6) is 0.682. The highest BCUT2D eigenvalue weighted by atomic mass is 127. The summed E-state index contributed by atoms with van der Waals surface area (Å²) in [7, 11) is 0. The van der Waals surface area contributed by atoms with E-state index in [1.807, 2.05) is 0 Å². The molecule has 0 spiro atoms. The molecule has 1 aliphatic carbocycles. The Morgan fingerprint density at radius 1 is 1.41 bits per heavy atom. The predicted molar refractivity (Wildman–Crippen MR) is 80.5 cm³/mol. The van der Waals surface area contributed by atoms with Gasteiger partial charge >= 0.3 is 0 Å². The Morgan fingerprint density at radius 2 is 2.24 bits per heavy atom. The summed E-state index contributed by atoms with van der Waals surface area (Å²) >= 11 is 4.00. The lowest BCUT2D eigenvalue weighted by molar-refractivity contribution is 1.01. The normalized spacial score (nSPS) is 15.1. The second-order valence-corrected chi connectivity index (χ2v) is 6.80. The minimum absolute atomic E-state index is 0.682. The van der Waals surface area contributed by atoms with Crippen molar-refractivity contribution in [2.24, 2.45) is 0 Å². The molecule has 1 aromatic heterocycles. The van der Waals surface area contributed by atoms with Crippen LogP contribution in [0, 0.1) is 3.57 Å². The molecule has 0 atom stereocenters. The molecule has 2 aromatic rings. The number of nitrogen functional groups attached to an aromatic ring is 1. The Bertz CT molecular complexity index is 546. The van der Waals surface area contributed by atoms with Gasteiger partial charge in [-0.3, -0.25) is 0 Å². The molecule has 0 bridgehead atoms. The van der Waals surface area contributed by atoms with Crippen molar-refractivity contribution < 1.29 is 0 Å². The lowest BCUT2D eigenvalue weighted by Gasteiger charge is -2.02. The minimum atomic E-state index is 0.682. The molecular formula is C13H13IN2S. The summed E-state index contributed by atoms with van der Waals surface area (Å²) in [6.07, 6.45) is 3.53. The molecule has 3 rings (SSSR count). The van der Waals surface area contributed by atoms with Crippen molar-refractivity contribution >= 4 is 39.1 Å². The van der Waals surface area contributed by atoms with Gasteiger partial charge in [0.05, 0.1) is 5.69 Å². The summed E-state index contributed by atoms with van der Waals surface area (Å²) in [5.41, 5.74) is 8.44. The van der Waals surface area contributed by atoms with Gasteiger partial charge in [0.1, 0.15) is 0 Å². The van der Waals surface area contributed by atoms with Crippen LogP contribution in [0.3, 0.4) is 0 Å². The van der Waals surface area contributed by atoms with E-state index in [4.69, 9.17) is 5.73 Å². The van der Waals surface area contributed by atoms with Crippen LogP contribution in [-0.4, -0.2) is 4.98 Å². The lowest BCUT2D eigenvalue weighted by atomic mass is 10.1. The monoisotopic (exact) mass is 356 g/mol. The number of nitrogens with zero attached hydrogens (tertiary/aromatic N) is 1. The van der Waals surface area contributed by atoms with Crippen LogP contribution >= 0.6 is 33.9 Å². The van der Waals surface area contributed by atoms with Gasteiger partial charge in [0, 0.05) is 20.8 Å². The summed E-state index contributed by atoms with van der Waals surface area (Å²) in [4.78, 5) is 5.84. The fourth-order valence-corrected chi connectivity index (χ4v) is 3.58. The molecule has 4 heteroatoms.